The zero-order valence-corrected chi connectivity index (χ0v) is 75.2. The van der Waals surface area contributed by atoms with E-state index in [-0.39, 0.29) is 246 Å². The first-order valence-corrected chi connectivity index (χ1v) is 45.3. The Kier molecular flexibility index (Phi) is 58.4. The standard InChI is InChI=1S/C74H137N5O31.C11H10N2O6/c1-53-64(88)67(91)57(47-80)108-70(53)103-43-40-97-37-34-94-30-22-76-61(85)16-26-100-50-73(51-101-27-17-62(86)77-23-31-95-35-38-98-41-44-104-71-54(2)65(89)68(92)58(48-81)109-71,52-102-28-18-63(87)78-24-32-96-36-39-99-42-45-105-72-55(3)66(90)69(93)59(49-82)110-72)46-56(83)14-10-8-6-4-5-7-9-11-15-60(84)79-25-33-107-74(106-29-21-75)19-12-13-20-74;14-7-1-2-8(15)12(7)6-5-11(18)19-13-9(16)3-4-10(13)17/h53-55,57-59,64-72,80-82,88-93H,4-52,75H2,1-3H3,(H,76,85)(H,77,86)(H,78,87)(H,79,84);1-2H,3-6H2. The summed E-state index contributed by atoms with van der Waals surface area (Å²) in [5.74, 6) is -6.23. The van der Waals surface area contributed by atoms with Gasteiger partial charge in [0.05, 0.1) is 197 Å². The van der Waals surface area contributed by atoms with Crippen molar-refractivity contribution in [3.8, 4) is 0 Å². The first kappa shape index (κ1) is 113. The van der Waals surface area contributed by atoms with E-state index < -0.39 is 152 Å². The molecule has 0 aromatic rings. The number of aliphatic hydroxyl groups is 9. The summed E-state index contributed by atoms with van der Waals surface area (Å²) < 4.78 is 97.8. The van der Waals surface area contributed by atoms with Gasteiger partial charge < -0.3 is 158 Å². The van der Waals surface area contributed by atoms with Gasteiger partial charge in [-0.25, -0.2) is 4.79 Å². The fraction of sp³-hybridized carbons (Fsp3) is 0.859. The molecule has 15 unspecified atom stereocenters. The predicted octanol–water partition coefficient (Wildman–Crippen LogP) is -2.94. The molecule has 6 aliphatic rings. The van der Waals surface area contributed by atoms with Crippen molar-refractivity contribution in [2.45, 2.75) is 235 Å². The molecule has 129 heavy (non-hydrogen) atoms. The number of hydroxylamine groups is 2. The number of ketones is 1. The van der Waals surface area contributed by atoms with Gasteiger partial charge in [0.2, 0.25) is 23.6 Å². The maximum absolute atomic E-state index is 14.1. The number of nitrogens with two attached hydrogens (primary N) is 1. The van der Waals surface area contributed by atoms with Crippen LogP contribution in [0, 0.1) is 23.2 Å². The first-order chi connectivity index (χ1) is 62.2. The van der Waals surface area contributed by atoms with Gasteiger partial charge in [-0.2, -0.15) is 0 Å². The van der Waals surface area contributed by atoms with Crippen molar-refractivity contribution in [1.29, 1.82) is 0 Å². The van der Waals surface area contributed by atoms with E-state index in [9.17, 15) is 93.9 Å². The Morgan fingerprint density at radius 3 is 1.12 bits per heavy atom. The highest BCUT2D eigenvalue weighted by atomic mass is 16.7. The highest BCUT2D eigenvalue weighted by molar-refractivity contribution is 6.13. The van der Waals surface area contributed by atoms with Crippen molar-refractivity contribution in [3.05, 3.63) is 12.2 Å². The Balaban J connectivity index is 0.00000136. The van der Waals surface area contributed by atoms with E-state index in [1.807, 2.05) is 0 Å². The summed E-state index contributed by atoms with van der Waals surface area (Å²) in [6, 6.07) is 0. The van der Waals surface area contributed by atoms with Crippen LogP contribution in [0.4, 0.5) is 0 Å². The van der Waals surface area contributed by atoms with E-state index in [0.29, 0.717) is 44.2 Å². The molecule has 0 radical (unpaired) electrons. The fourth-order valence-electron chi connectivity index (χ4n) is 14.4. The molecule has 15 N–H and O–H groups in total. The van der Waals surface area contributed by atoms with Gasteiger partial charge in [0.1, 0.15) is 42.4 Å². The number of nitrogens with one attached hydrogen (secondary N) is 4. The summed E-state index contributed by atoms with van der Waals surface area (Å²) >= 11 is 0. The lowest BCUT2D eigenvalue weighted by Crippen LogP contribution is -2.55. The number of aliphatic hydroxyl groups excluding tert-OH is 9. The Morgan fingerprint density at radius 2 is 0.752 bits per heavy atom. The average Bonchev–Trinajstić information content (AvgIpc) is 1.77. The van der Waals surface area contributed by atoms with Crippen molar-refractivity contribution in [2.75, 3.05) is 211 Å². The largest absolute Gasteiger partial charge is 0.394 e. The van der Waals surface area contributed by atoms with Gasteiger partial charge in [0.15, 0.2) is 24.7 Å². The summed E-state index contributed by atoms with van der Waals surface area (Å²) in [5, 5.41) is 101. The minimum absolute atomic E-state index is 0.00514. The molecule has 44 heteroatoms. The molecule has 0 aromatic heterocycles. The van der Waals surface area contributed by atoms with E-state index in [1.165, 1.54) is 0 Å². The van der Waals surface area contributed by atoms with Gasteiger partial charge >= 0.3 is 5.97 Å². The van der Waals surface area contributed by atoms with Crippen LogP contribution in [0.2, 0.25) is 0 Å². The zero-order valence-electron chi connectivity index (χ0n) is 75.2. The molecule has 744 valence electrons. The first-order valence-electron chi connectivity index (χ1n) is 45.3. The second-order valence-electron chi connectivity index (χ2n) is 32.4. The molecule has 1 aliphatic carbocycles. The normalized spacial score (nSPS) is 24.9. The predicted molar refractivity (Wildman–Crippen MR) is 450 cm³/mol. The van der Waals surface area contributed by atoms with E-state index in [0.717, 1.165) is 87.7 Å². The molecule has 5 fully saturated rings. The number of carbonyl (C=O) groups is 10. The third-order valence-electron chi connectivity index (χ3n) is 22.0. The quantitative estimate of drug-likeness (QED) is 0.0165. The van der Waals surface area contributed by atoms with Crippen LogP contribution >= 0.6 is 0 Å². The van der Waals surface area contributed by atoms with Crippen LogP contribution in [0.25, 0.3) is 0 Å². The van der Waals surface area contributed by atoms with E-state index in [2.05, 4.69) is 26.1 Å². The highest BCUT2D eigenvalue weighted by Gasteiger charge is 2.46. The number of unbranched alkanes of at least 4 members (excludes halogenated alkanes) is 7. The number of carbonyl (C=O) groups excluding carboxylic acids is 10. The fourth-order valence-corrected chi connectivity index (χ4v) is 14.4. The molecular weight excluding hydrogens is 1710 g/mol. The van der Waals surface area contributed by atoms with Crippen LogP contribution < -0.4 is 27.0 Å². The minimum Gasteiger partial charge on any atom is -0.394 e. The van der Waals surface area contributed by atoms with Gasteiger partial charge in [-0.15, -0.1) is 5.06 Å². The molecule has 8 amide bonds. The second kappa shape index (κ2) is 66.4. The number of imide groups is 2. The molecule has 5 aliphatic heterocycles. The monoisotopic (exact) mass is 1860 g/mol. The number of hydrogen-bond donors (Lipinski definition) is 14. The van der Waals surface area contributed by atoms with Gasteiger partial charge in [-0.05, 0) is 25.7 Å². The van der Waals surface area contributed by atoms with Crippen LogP contribution in [0.3, 0.4) is 0 Å². The summed E-state index contributed by atoms with van der Waals surface area (Å²) in [4.78, 5) is 127. The lowest BCUT2D eigenvalue weighted by Gasteiger charge is -2.40. The Bertz CT molecular complexity index is 2980. The van der Waals surface area contributed by atoms with E-state index in [1.54, 1.807) is 20.8 Å². The van der Waals surface area contributed by atoms with Gasteiger partial charge in [0, 0.05) is 139 Å². The number of hydrogen-bond acceptors (Lipinski definition) is 38. The third kappa shape index (κ3) is 44.8. The molecular formula is C85H147N7O37. The Labute approximate surface area is 753 Å². The van der Waals surface area contributed by atoms with Gasteiger partial charge in [0.25, 0.3) is 23.6 Å². The molecule has 0 spiro atoms. The molecule has 4 saturated heterocycles. The Morgan fingerprint density at radius 1 is 0.419 bits per heavy atom. The molecule has 6 rings (SSSR count). The van der Waals surface area contributed by atoms with Crippen LogP contribution in [-0.4, -0.2) is 406 Å². The molecule has 0 aromatic carbocycles. The molecule has 44 nitrogen and oxygen atoms in total. The van der Waals surface area contributed by atoms with Crippen LogP contribution in [0.1, 0.15) is 156 Å². The number of rotatable bonds is 72. The third-order valence-corrected chi connectivity index (χ3v) is 22.0. The Hall–Kier alpha value is -6.04. The van der Waals surface area contributed by atoms with Crippen LogP contribution in [0.5, 0.6) is 0 Å². The van der Waals surface area contributed by atoms with Crippen LogP contribution in [0.15, 0.2) is 12.2 Å². The average molecular weight is 1860 g/mol. The number of ether oxygens (including phenoxy) is 17. The van der Waals surface area contributed by atoms with Crippen molar-refractivity contribution < 1.29 is 179 Å². The van der Waals surface area contributed by atoms with Crippen molar-refractivity contribution in [1.82, 2.24) is 31.2 Å². The molecule has 5 heterocycles. The summed E-state index contributed by atoms with van der Waals surface area (Å²) in [6.07, 6.45) is 0.799. The number of amides is 8. The summed E-state index contributed by atoms with van der Waals surface area (Å²) in [5.41, 5.74) is 4.53. The van der Waals surface area contributed by atoms with Gasteiger partial charge in [-0.3, -0.25) is 48.1 Å². The van der Waals surface area contributed by atoms with Gasteiger partial charge in [-0.1, -0.05) is 59.3 Å². The topological polar surface area (TPSA) is 600 Å². The lowest BCUT2D eigenvalue weighted by molar-refractivity contribution is -0.284. The maximum atomic E-state index is 14.1. The molecule has 15 atom stereocenters. The summed E-state index contributed by atoms with van der Waals surface area (Å²) in [7, 11) is 0. The second-order valence-corrected chi connectivity index (χ2v) is 32.4. The number of nitrogens with zero attached hydrogens (tertiary/aromatic N) is 2. The maximum Gasteiger partial charge on any atom is 0.335 e. The highest BCUT2D eigenvalue weighted by Crippen LogP contribution is 2.35. The zero-order chi connectivity index (χ0) is 94.0. The smallest absolute Gasteiger partial charge is 0.335 e. The van der Waals surface area contributed by atoms with E-state index >= 15 is 0 Å². The van der Waals surface area contributed by atoms with E-state index in [4.69, 9.17) is 86.3 Å². The minimum atomic E-state index is -1.23. The molecule has 1 saturated carbocycles. The van der Waals surface area contributed by atoms with Crippen LogP contribution in [-0.2, 0) is 133 Å². The lowest BCUT2D eigenvalue weighted by atomic mass is 9.84. The SMILES string of the molecule is CC1C(OCCOCCOCCNC(=O)CCOCC(COCCC(=O)NCCOCCOCCOC2OC(CO)C(O)C(O)C2C)(COCCC(=O)NCCOCCOCCOC2OC(CO)C(O)C(O)C2C)CC(=O)CCCCCCCCCCC(=O)NCCOC2(OCCN)CCCC2)OC(CO)C(O)C1O.O=C(CCN1C(=O)C=CC1=O)ON1C(=O)CCC1=O. The van der Waals surface area contributed by atoms with Crippen molar-refractivity contribution in [2.24, 2.45) is 28.9 Å². The molecule has 0 bridgehead atoms. The van der Waals surface area contributed by atoms with Crippen molar-refractivity contribution in [3.63, 3.8) is 0 Å². The number of Topliss-reactive ketones (excluding diaryl/α,β-unsaturated/α-hetero) is 1. The summed E-state index contributed by atoms with van der Waals surface area (Å²) in [6.45, 7) is 8.22. The van der Waals surface area contributed by atoms with Crippen molar-refractivity contribution >= 4 is 59.0 Å².